The van der Waals surface area contributed by atoms with Gasteiger partial charge in [-0.3, -0.25) is 15.5 Å². The van der Waals surface area contributed by atoms with Crippen LogP contribution in [0, 0.1) is 10.1 Å². The maximum atomic E-state index is 12.5. The van der Waals surface area contributed by atoms with Crippen LogP contribution in [0.15, 0.2) is 79.9 Å². The molecular weight excluding hydrogens is 746 g/mol. The molecule has 0 radical (unpaired) electrons. The second-order valence-corrected chi connectivity index (χ2v) is 11.7. The van der Waals surface area contributed by atoms with E-state index >= 15 is 0 Å². The highest BCUT2D eigenvalue weighted by Gasteiger charge is 2.32. The van der Waals surface area contributed by atoms with E-state index in [1.165, 1.54) is 25.5 Å². The summed E-state index contributed by atoms with van der Waals surface area (Å²) < 4.78 is 23.8. The van der Waals surface area contributed by atoms with E-state index in [4.69, 9.17) is 18.9 Å². The van der Waals surface area contributed by atoms with Crippen LogP contribution in [0.1, 0.15) is 36.6 Å². The lowest BCUT2D eigenvalue weighted by atomic mass is 9.95. The molecule has 16 heteroatoms. The lowest BCUT2D eigenvalue weighted by Crippen LogP contribution is -2.45. The number of nitrogens with zero attached hydrogens (tertiary/aromatic N) is 2. The number of nitro benzene ring substituents is 1. The molecule has 3 aromatic rings. The smallest absolute Gasteiger partial charge is 0.337 e. The Labute approximate surface area is 286 Å². The Balaban J connectivity index is 1.42. The summed E-state index contributed by atoms with van der Waals surface area (Å²) in [7, 11) is 1.26. The molecule has 0 unspecified atom stereocenters. The summed E-state index contributed by atoms with van der Waals surface area (Å²) in [4.78, 5) is 35.1. The molecule has 0 bridgehead atoms. The van der Waals surface area contributed by atoms with Gasteiger partial charge < -0.3 is 34.7 Å². The van der Waals surface area contributed by atoms with Gasteiger partial charge in [0.15, 0.2) is 17.7 Å². The van der Waals surface area contributed by atoms with Crippen molar-refractivity contribution in [2.45, 2.75) is 32.7 Å². The van der Waals surface area contributed by atoms with Crippen LogP contribution < -0.4 is 30.3 Å². The first kappa shape index (κ1) is 35.2. The third-order valence-corrected chi connectivity index (χ3v) is 7.71. The Morgan fingerprint density at radius 1 is 1.13 bits per heavy atom. The number of hydrogen-bond donors (Lipinski definition) is 4. The summed E-state index contributed by atoms with van der Waals surface area (Å²) >= 11 is 6.93. The number of amides is 2. The van der Waals surface area contributed by atoms with Crippen LogP contribution in [0.5, 0.6) is 17.2 Å². The first-order valence-corrected chi connectivity index (χ1v) is 15.7. The van der Waals surface area contributed by atoms with Gasteiger partial charge in [-0.05, 0) is 77.3 Å². The van der Waals surface area contributed by atoms with Gasteiger partial charge in [0.1, 0.15) is 19.0 Å². The molecule has 0 fully saturated rings. The van der Waals surface area contributed by atoms with Crippen molar-refractivity contribution in [3.05, 3.63) is 102 Å². The zero-order chi connectivity index (χ0) is 34.1. The number of rotatable bonds is 14. The molecule has 0 aromatic heterocycles. The largest absolute Gasteiger partial charge is 0.490 e. The van der Waals surface area contributed by atoms with Crippen molar-refractivity contribution in [3.8, 4) is 17.2 Å². The van der Waals surface area contributed by atoms with E-state index < -0.39 is 29.2 Å². The topological polar surface area (TPSA) is 183 Å². The predicted octanol–water partition coefficient (Wildman–Crippen LogP) is 5.22. The Bertz CT molecular complexity index is 1700. The van der Waals surface area contributed by atoms with E-state index in [1.807, 2.05) is 0 Å². The average Bonchev–Trinajstić information content (AvgIpc) is 3.03. The third kappa shape index (κ3) is 9.21. The number of nitro groups is 1. The second kappa shape index (κ2) is 16.2. The minimum Gasteiger partial charge on any atom is -0.490 e. The lowest BCUT2D eigenvalue weighted by Gasteiger charge is -2.28. The number of nitrogens with one attached hydrogen (secondary N) is 3. The van der Waals surface area contributed by atoms with Gasteiger partial charge in [-0.2, -0.15) is 5.10 Å². The minimum atomic E-state index is -1.22. The Morgan fingerprint density at radius 3 is 2.55 bits per heavy atom. The number of non-ortho nitro benzene ring substituents is 1. The number of aliphatic hydroxyl groups excluding tert-OH is 1. The summed E-state index contributed by atoms with van der Waals surface area (Å²) in [6.07, 6.45) is 0.243. The molecule has 3 aromatic carbocycles. The van der Waals surface area contributed by atoms with Gasteiger partial charge in [-0.15, -0.1) is 0 Å². The van der Waals surface area contributed by atoms with Gasteiger partial charge >= 0.3 is 12.0 Å². The summed E-state index contributed by atoms with van der Waals surface area (Å²) in [5, 5.41) is 30.9. The van der Waals surface area contributed by atoms with E-state index in [9.17, 15) is 24.8 Å². The monoisotopic (exact) mass is 775 g/mol. The molecule has 0 saturated heterocycles. The Kier molecular flexibility index (Phi) is 12.2. The van der Waals surface area contributed by atoms with Crippen molar-refractivity contribution in [2.24, 2.45) is 5.10 Å². The van der Waals surface area contributed by atoms with Gasteiger partial charge in [0.05, 0.1) is 40.9 Å². The van der Waals surface area contributed by atoms with Crippen LogP contribution >= 0.6 is 31.9 Å². The van der Waals surface area contributed by atoms with Crippen molar-refractivity contribution in [3.63, 3.8) is 0 Å². The standard InChI is InChI=1S/C31H31Br2N5O9/c1-4-45-25-12-19(28-27(30(40)44-3)17(2)35-31(41)36-28)7-10-24(25)46-16-26(39)37-34-14-20-11-21(32)13-23(33)29(20)47-15-18-5-8-22(9-6-18)38(42)43/h5-14,26,28,37,39H,4,15-16H2,1-3H3,(H2,35,36,41)/b34-14+/t26-,28-/m1/s1. The number of carbonyl (C=O) groups is 2. The third-order valence-electron chi connectivity index (χ3n) is 6.67. The zero-order valence-electron chi connectivity index (χ0n) is 25.4. The number of urea groups is 1. The fourth-order valence-corrected chi connectivity index (χ4v) is 5.89. The highest BCUT2D eigenvalue weighted by atomic mass is 79.9. The number of methoxy groups -OCH3 is 1. The molecule has 1 aliphatic rings. The van der Waals surface area contributed by atoms with Gasteiger partial charge in [0.2, 0.25) is 0 Å². The molecule has 0 aliphatic carbocycles. The first-order chi connectivity index (χ1) is 22.5. The molecule has 4 N–H and O–H groups in total. The molecule has 0 saturated carbocycles. The van der Waals surface area contributed by atoms with Gasteiger partial charge in [-0.1, -0.05) is 22.0 Å². The number of hydrazone groups is 1. The number of aliphatic hydroxyl groups is 1. The molecule has 14 nitrogen and oxygen atoms in total. The van der Waals surface area contributed by atoms with Gasteiger partial charge in [0.25, 0.3) is 5.69 Å². The number of carbonyl (C=O) groups excluding carboxylic acids is 2. The maximum Gasteiger partial charge on any atom is 0.337 e. The van der Waals surface area contributed by atoms with Crippen LogP contribution in [0.25, 0.3) is 0 Å². The van der Waals surface area contributed by atoms with Crippen molar-refractivity contribution in [2.75, 3.05) is 20.3 Å². The minimum absolute atomic E-state index is 0.0138. The zero-order valence-corrected chi connectivity index (χ0v) is 28.6. The van der Waals surface area contributed by atoms with E-state index in [2.05, 4.69) is 53.0 Å². The Hall–Kier alpha value is -4.67. The second-order valence-electron chi connectivity index (χ2n) is 9.93. The molecule has 1 heterocycles. The summed E-state index contributed by atoms with van der Waals surface area (Å²) in [5.41, 5.74) is 5.08. The number of ether oxygens (including phenoxy) is 4. The number of esters is 1. The van der Waals surface area contributed by atoms with Crippen LogP contribution in [-0.2, 0) is 16.1 Å². The molecule has 2 amide bonds. The van der Waals surface area contributed by atoms with Crippen LogP contribution in [0.3, 0.4) is 0 Å². The van der Waals surface area contributed by atoms with E-state index in [0.29, 0.717) is 45.2 Å². The molecule has 4 rings (SSSR count). The van der Waals surface area contributed by atoms with E-state index in [0.717, 1.165) is 10.0 Å². The van der Waals surface area contributed by atoms with Crippen molar-refractivity contribution in [1.82, 2.24) is 16.1 Å². The summed E-state index contributed by atoms with van der Waals surface area (Å²) in [5.74, 6) is 0.532. The van der Waals surface area contributed by atoms with Crippen LogP contribution in [0.4, 0.5) is 10.5 Å². The number of allylic oxidation sites excluding steroid dienone is 1. The fraction of sp³-hybridized carbons (Fsp3) is 0.258. The Morgan fingerprint density at radius 2 is 1.87 bits per heavy atom. The predicted molar refractivity (Wildman–Crippen MR) is 178 cm³/mol. The van der Waals surface area contributed by atoms with Crippen molar-refractivity contribution in [1.29, 1.82) is 0 Å². The number of benzene rings is 3. The quantitative estimate of drug-likeness (QED) is 0.0557. The average molecular weight is 777 g/mol. The summed E-state index contributed by atoms with van der Waals surface area (Å²) in [6.45, 7) is 3.65. The molecule has 248 valence electrons. The number of hydrogen-bond acceptors (Lipinski definition) is 11. The lowest BCUT2D eigenvalue weighted by molar-refractivity contribution is -0.384. The maximum absolute atomic E-state index is 12.5. The van der Waals surface area contributed by atoms with Gasteiger partial charge in [0, 0.05) is 27.9 Å². The fourth-order valence-electron chi connectivity index (χ4n) is 4.51. The van der Waals surface area contributed by atoms with Crippen LogP contribution in [-0.4, -0.2) is 54.8 Å². The molecule has 47 heavy (non-hydrogen) atoms. The van der Waals surface area contributed by atoms with Crippen molar-refractivity contribution >= 4 is 55.8 Å². The molecule has 1 aliphatic heterocycles. The molecule has 2 atom stereocenters. The van der Waals surface area contributed by atoms with Gasteiger partial charge in [-0.25, -0.2) is 9.59 Å². The molecule has 0 spiro atoms. The normalized spacial score (nSPS) is 15.0. The van der Waals surface area contributed by atoms with Crippen molar-refractivity contribution < 1.29 is 38.6 Å². The highest BCUT2D eigenvalue weighted by molar-refractivity contribution is 9.11. The van der Waals surface area contributed by atoms with E-state index in [1.54, 1.807) is 56.3 Å². The van der Waals surface area contributed by atoms with Crippen LogP contribution in [0.2, 0.25) is 0 Å². The number of halogens is 2. The van der Waals surface area contributed by atoms with E-state index in [-0.39, 0.29) is 24.5 Å². The molecular formula is C31H31Br2N5O9. The summed E-state index contributed by atoms with van der Waals surface area (Å²) in [6, 6.07) is 13.3. The highest BCUT2D eigenvalue weighted by Crippen LogP contribution is 2.35. The SMILES string of the molecule is CCOc1cc([C@H]2NC(=O)NC(C)=C2C(=O)OC)ccc1OC[C@@H](O)N/N=C/c1cc(Br)cc(Br)c1OCc1ccc([N+](=O)[O-])cc1. The first-order valence-electron chi connectivity index (χ1n) is 14.1.